The van der Waals surface area contributed by atoms with Crippen molar-refractivity contribution in [1.29, 1.82) is 5.26 Å². The molecule has 0 spiro atoms. The molecule has 2 aromatic heterocycles. The molecule has 0 saturated carbocycles. The normalized spacial score (nSPS) is 9.94. The van der Waals surface area contributed by atoms with E-state index in [2.05, 4.69) is 47.4 Å². The van der Waals surface area contributed by atoms with Gasteiger partial charge in [0, 0.05) is 4.47 Å². The van der Waals surface area contributed by atoms with Crippen molar-refractivity contribution in [2.45, 2.75) is 0 Å². The van der Waals surface area contributed by atoms with Crippen LogP contribution in [0.1, 0.15) is 15.2 Å². The van der Waals surface area contributed by atoms with Gasteiger partial charge < -0.3 is 5.32 Å². The van der Waals surface area contributed by atoms with Gasteiger partial charge in [-0.1, -0.05) is 0 Å². The van der Waals surface area contributed by atoms with Crippen LogP contribution in [0.4, 0.5) is 5.82 Å². The zero-order valence-corrected chi connectivity index (χ0v) is 12.1. The predicted octanol–water partition coefficient (Wildman–Crippen LogP) is 3.12. The molecule has 5 nitrogen and oxygen atoms in total. The number of thiophene rings is 1. The molecule has 8 heteroatoms. The van der Waals surface area contributed by atoms with Crippen molar-refractivity contribution in [2.75, 3.05) is 5.32 Å². The molecule has 0 fully saturated rings. The molecule has 0 bridgehead atoms. The highest BCUT2D eigenvalue weighted by Crippen LogP contribution is 2.32. The molecule has 0 aliphatic carbocycles. The van der Waals surface area contributed by atoms with E-state index in [-0.39, 0.29) is 5.91 Å². The average Bonchev–Trinajstić information content (AvgIpc) is 2.86. The highest BCUT2D eigenvalue weighted by Gasteiger charge is 2.14. The van der Waals surface area contributed by atoms with Gasteiger partial charge in [0.15, 0.2) is 0 Å². The summed E-state index contributed by atoms with van der Waals surface area (Å²) in [5, 5.41) is 17.6. The zero-order chi connectivity index (χ0) is 12.4. The molecule has 0 saturated heterocycles. The molecular formula is C9H4Br2N4OS. The monoisotopic (exact) mass is 374 g/mol. The number of carbonyl (C=O) groups is 1. The number of anilines is 1. The smallest absolute Gasteiger partial charge is 0.266 e. The Morgan fingerprint density at radius 2 is 2.35 bits per heavy atom. The first-order valence-corrected chi connectivity index (χ1v) is 6.71. The molecule has 86 valence electrons. The first-order valence-electron chi connectivity index (χ1n) is 4.31. The Kier molecular flexibility index (Phi) is 3.61. The Bertz CT molecular complexity index is 593. The van der Waals surface area contributed by atoms with Crippen LogP contribution in [0.25, 0.3) is 0 Å². The molecule has 0 aromatic carbocycles. The number of hydrogen-bond acceptors (Lipinski definition) is 4. The van der Waals surface area contributed by atoms with Gasteiger partial charge in [0.1, 0.15) is 17.5 Å². The number of nitrogens with zero attached hydrogens (tertiary/aromatic N) is 2. The summed E-state index contributed by atoms with van der Waals surface area (Å²) >= 11 is 7.91. The maximum Gasteiger partial charge on any atom is 0.266 e. The first-order chi connectivity index (χ1) is 8.11. The second kappa shape index (κ2) is 5.00. The lowest BCUT2D eigenvalue weighted by Gasteiger charge is -1.99. The molecule has 2 heterocycles. The van der Waals surface area contributed by atoms with E-state index in [4.69, 9.17) is 5.26 Å². The van der Waals surface area contributed by atoms with Gasteiger partial charge in [0.2, 0.25) is 0 Å². The van der Waals surface area contributed by atoms with Crippen LogP contribution in [0.2, 0.25) is 0 Å². The van der Waals surface area contributed by atoms with Gasteiger partial charge in [0.05, 0.1) is 14.9 Å². The lowest BCUT2D eigenvalue weighted by Crippen LogP contribution is -2.11. The fourth-order valence-corrected chi connectivity index (χ4v) is 3.03. The van der Waals surface area contributed by atoms with Crippen molar-refractivity contribution in [3.05, 3.63) is 31.0 Å². The molecule has 0 aliphatic rings. The molecule has 1 amide bonds. The maximum absolute atomic E-state index is 11.8. The lowest BCUT2D eigenvalue weighted by atomic mass is 10.3. The minimum Gasteiger partial charge on any atom is -0.305 e. The number of aromatic nitrogens is 2. The number of aromatic amines is 1. The summed E-state index contributed by atoms with van der Waals surface area (Å²) in [7, 11) is 0. The summed E-state index contributed by atoms with van der Waals surface area (Å²) in [6, 6.07) is 3.63. The number of amides is 1. The van der Waals surface area contributed by atoms with E-state index in [9.17, 15) is 4.79 Å². The van der Waals surface area contributed by atoms with Crippen LogP contribution in [0.5, 0.6) is 0 Å². The van der Waals surface area contributed by atoms with Gasteiger partial charge in [-0.15, -0.1) is 11.3 Å². The predicted molar refractivity (Wildman–Crippen MR) is 71.0 cm³/mol. The third-order valence-electron chi connectivity index (χ3n) is 1.87. The summed E-state index contributed by atoms with van der Waals surface area (Å²) in [5.74, 6) is 0.0142. The third kappa shape index (κ3) is 2.57. The number of nitrogens with one attached hydrogen (secondary N) is 2. The molecule has 0 atom stereocenters. The number of halogens is 2. The van der Waals surface area contributed by atoms with E-state index in [0.29, 0.717) is 16.3 Å². The third-order valence-corrected chi connectivity index (χ3v) is 5.12. The molecule has 2 N–H and O–H groups in total. The van der Waals surface area contributed by atoms with Gasteiger partial charge in [-0.2, -0.15) is 10.4 Å². The van der Waals surface area contributed by atoms with Crippen LogP contribution < -0.4 is 5.32 Å². The van der Waals surface area contributed by atoms with Crippen molar-refractivity contribution in [3.8, 4) is 6.07 Å². The SMILES string of the molecule is N#Cc1cn[nH]c1NC(=O)c1cc(Br)c(Br)s1. The summed E-state index contributed by atoms with van der Waals surface area (Å²) < 4.78 is 1.66. The van der Waals surface area contributed by atoms with E-state index in [1.165, 1.54) is 17.5 Å². The van der Waals surface area contributed by atoms with Crippen LogP contribution in [-0.4, -0.2) is 16.1 Å². The Labute approximate surface area is 117 Å². The van der Waals surface area contributed by atoms with Gasteiger partial charge >= 0.3 is 0 Å². The van der Waals surface area contributed by atoms with Crippen LogP contribution >= 0.6 is 43.2 Å². The van der Waals surface area contributed by atoms with E-state index in [1.807, 2.05) is 6.07 Å². The zero-order valence-electron chi connectivity index (χ0n) is 8.12. The van der Waals surface area contributed by atoms with Crippen LogP contribution in [-0.2, 0) is 0 Å². The number of H-pyrrole nitrogens is 1. The van der Waals surface area contributed by atoms with Crippen molar-refractivity contribution >= 4 is 54.9 Å². The highest BCUT2D eigenvalue weighted by atomic mass is 79.9. The Balaban J connectivity index is 2.20. The number of rotatable bonds is 2. The average molecular weight is 376 g/mol. The summed E-state index contributed by atoms with van der Waals surface area (Å²) in [6.45, 7) is 0. The van der Waals surface area contributed by atoms with Gasteiger partial charge in [0.25, 0.3) is 5.91 Å². The topological polar surface area (TPSA) is 81.6 Å². The van der Waals surface area contributed by atoms with Crippen LogP contribution in [0.15, 0.2) is 20.5 Å². The van der Waals surface area contributed by atoms with Crippen molar-refractivity contribution in [3.63, 3.8) is 0 Å². The summed E-state index contributed by atoms with van der Waals surface area (Å²) in [5.41, 5.74) is 0.299. The lowest BCUT2D eigenvalue weighted by molar-refractivity contribution is 0.103. The number of carbonyl (C=O) groups excluding carboxylic acids is 1. The van der Waals surface area contributed by atoms with E-state index in [0.717, 1.165) is 8.26 Å². The minimum atomic E-state index is -0.290. The standard InChI is InChI=1S/C9H4Br2N4OS/c10-5-1-6(17-7(5)11)9(16)14-8-4(2-12)3-13-15-8/h1,3H,(H2,13,14,15,16). The molecule has 2 aromatic rings. The second-order valence-corrected chi connectivity index (χ2v) is 6.18. The molecule has 17 heavy (non-hydrogen) atoms. The van der Waals surface area contributed by atoms with Gasteiger partial charge in [-0.05, 0) is 37.9 Å². The Morgan fingerprint density at radius 1 is 1.59 bits per heavy atom. The number of hydrogen-bond donors (Lipinski definition) is 2. The Morgan fingerprint density at radius 3 is 2.94 bits per heavy atom. The quantitative estimate of drug-likeness (QED) is 0.845. The van der Waals surface area contributed by atoms with Crippen LogP contribution in [0.3, 0.4) is 0 Å². The molecular weight excluding hydrogens is 372 g/mol. The molecule has 0 aliphatic heterocycles. The van der Waals surface area contributed by atoms with Gasteiger partial charge in [-0.3, -0.25) is 9.89 Å². The fourth-order valence-electron chi connectivity index (χ4n) is 1.10. The molecule has 0 radical (unpaired) electrons. The highest BCUT2D eigenvalue weighted by molar-refractivity contribution is 9.13. The van der Waals surface area contributed by atoms with Crippen LogP contribution in [0, 0.1) is 11.3 Å². The van der Waals surface area contributed by atoms with E-state index < -0.39 is 0 Å². The van der Waals surface area contributed by atoms with Gasteiger partial charge in [-0.25, -0.2) is 0 Å². The second-order valence-electron chi connectivity index (χ2n) is 2.96. The van der Waals surface area contributed by atoms with Crippen molar-refractivity contribution in [1.82, 2.24) is 10.2 Å². The van der Waals surface area contributed by atoms with E-state index in [1.54, 1.807) is 6.07 Å². The summed E-state index contributed by atoms with van der Waals surface area (Å²) in [6.07, 6.45) is 1.36. The summed E-state index contributed by atoms with van der Waals surface area (Å²) in [4.78, 5) is 12.4. The Hall–Kier alpha value is -1.17. The first kappa shape index (κ1) is 12.3. The minimum absolute atomic E-state index is 0.290. The number of nitriles is 1. The fraction of sp³-hybridized carbons (Fsp3) is 0. The van der Waals surface area contributed by atoms with E-state index >= 15 is 0 Å². The van der Waals surface area contributed by atoms with Crippen molar-refractivity contribution in [2.24, 2.45) is 0 Å². The maximum atomic E-state index is 11.8. The molecule has 2 rings (SSSR count). The van der Waals surface area contributed by atoms with Crippen molar-refractivity contribution < 1.29 is 4.79 Å². The molecule has 0 unspecified atom stereocenters. The largest absolute Gasteiger partial charge is 0.305 e.